The molecule has 0 amide bonds. The molecule has 20 heavy (non-hydrogen) atoms. The Kier molecular flexibility index (Phi) is 2.78. The van der Waals surface area contributed by atoms with Crippen molar-refractivity contribution in [2.45, 2.75) is 0 Å². The Balaban J connectivity index is 1.94. The SMILES string of the molecule is c1ccc2nc3cccc(N4CCNCC4)c3cc2c1. The summed E-state index contributed by atoms with van der Waals surface area (Å²) in [5.41, 5.74) is 3.46. The van der Waals surface area contributed by atoms with Gasteiger partial charge in [-0.05, 0) is 24.3 Å². The largest absolute Gasteiger partial charge is 0.368 e. The highest BCUT2D eigenvalue weighted by molar-refractivity contribution is 5.99. The molecule has 1 aliphatic heterocycles. The van der Waals surface area contributed by atoms with E-state index in [0.717, 1.165) is 37.2 Å². The molecule has 1 aromatic heterocycles. The zero-order valence-electron chi connectivity index (χ0n) is 11.3. The van der Waals surface area contributed by atoms with Crippen LogP contribution in [-0.2, 0) is 0 Å². The number of hydrogen-bond acceptors (Lipinski definition) is 3. The van der Waals surface area contributed by atoms with E-state index in [4.69, 9.17) is 4.98 Å². The number of hydrogen-bond donors (Lipinski definition) is 1. The molecule has 0 saturated carbocycles. The van der Waals surface area contributed by atoms with Crippen LogP contribution in [0.1, 0.15) is 0 Å². The number of anilines is 1. The zero-order chi connectivity index (χ0) is 13.4. The molecule has 0 aliphatic carbocycles. The molecule has 2 heterocycles. The second-order valence-corrected chi connectivity index (χ2v) is 5.26. The van der Waals surface area contributed by atoms with Crippen molar-refractivity contribution in [1.82, 2.24) is 10.3 Å². The van der Waals surface area contributed by atoms with Crippen LogP contribution in [0.15, 0.2) is 48.5 Å². The Hall–Kier alpha value is -2.13. The Morgan fingerprint density at radius 1 is 0.900 bits per heavy atom. The standard InChI is InChI=1S/C17H17N3/c1-2-5-15-13(4-1)12-14-16(19-15)6-3-7-17(14)20-10-8-18-9-11-20/h1-7,12,18H,8-11H2. The molecule has 1 aliphatic rings. The van der Waals surface area contributed by atoms with Gasteiger partial charge in [0.2, 0.25) is 0 Å². The third kappa shape index (κ3) is 1.91. The fourth-order valence-corrected chi connectivity index (χ4v) is 2.96. The number of para-hydroxylation sites is 1. The molecule has 3 heteroatoms. The van der Waals surface area contributed by atoms with E-state index in [-0.39, 0.29) is 0 Å². The fraction of sp³-hybridized carbons (Fsp3) is 0.235. The van der Waals surface area contributed by atoms with Crippen molar-refractivity contribution in [2.75, 3.05) is 31.1 Å². The van der Waals surface area contributed by atoms with Crippen LogP contribution in [-0.4, -0.2) is 31.2 Å². The average Bonchev–Trinajstić information content (AvgIpc) is 2.53. The molecule has 0 spiro atoms. The summed E-state index contributed by atoms with van der Waals surface area (Å²) < 4.78 is 0. The van der Waals surface area contributed by atoms with E-state index in [0.29, 0.717) is 0 Å². The maximum atomic E-state index is 4.79. The van der Waals surface area contributed by atoms with Gasteiger partial charge in [-0.25, -0.2) is 4.98 Å². The molecule has 4 rings (SSSR count). The van der Waals surface area contributed by atoms with Crippen molar-refractivity contribution in [2.24, 2.45) is 0 Å². The van der Waals surface area contributed by atoms with Gasteiger partial charge < -0.3 is 10.2 Å². The van der Waals surface area contributed by atoms with Crippen LogP contribution in [0, 0.1) is 0 Å². The van der Waals surface area contributed by atoms with E-state index in [9.17, 15) is 0 Å². The predicted octanol–water partition coefficient (Wildman–Crippen LogP) is 2.80. The number of pyridine rings is 1. The number of benzene rings is 2. The van der Waals surface area contributed by atoms with E-state index >= 15 is 0 Å². The zero-order valence-corrected chi connectivity index (χ0v) is 11.3. The lowest BCUT2D eigenvalue weighted by atomic mass is 10.1. The summed E-state index contributed by atoms with van der Waals surface area (Å²) >= 11 is 0. The van der Waals surface area contributed by atoms with Crippen molar-refractivity contribution in [3.8, 4) is 0 Å². The molecule has 1 N–H and O–H groups in total. The molecular weight excluding hydrogens is 246 g/mol. The van der Waals surface area contributed by atoms with Crippen LogP contribution in [0.4, 0.5) is 5.69 Å². The lowest BCUT2D eigenvalue weighted by Gasteiger charge is -2.30. The smallest absolute Gasteiger partial charge is 0.0730 e. The van der Waals surface area contributed by atoms with Gasteiger partial charge in [0.15, 0.2) is 0 Å². The summed E-state index contributed by atoms with van der Waals surface area (Å²) in [6.45, 7) is 4.23. The molecule has 0 bridgehead atoms. The topological polar surface area (TPSA) is 28.2 Å². The quantitative estimate of drug-likeness (QED) is 0.684. The molecule has 1 saturated heterocycles. The van der Waals surface area contributed by atoms with Crippen molar-refractivity contribution in [3.63, 3.8) is 0 Å². The summed E-state index contributed by atoms with van der Waals surface area (Å²) in [6.07, 6.45) is 0. The van der Waals surface area contributed by atoms with Crippen molar-refractivity contribution in [3.05, 3.63) is 48.5 Å². The monoisotopic (exact) mass is 263 g/mol. The summed E-state index contributed by atoms with van der Waals surface area (Å²) in [4.78, 5) is 7.24. The molecule has 3 aromatic rings. The third-order valence-corrected chi connectivity index (χ3v) is 4.00. The van der Waals surface area contributed by atoms with E-state index < -0.39 is 0 Å². The first kappa shape index (κ1) is 11.7. The normalized spacial score (nSPS) is 15.9. The van der Waals surface area contributed by atoms with Crippen LogP contribution >= 0.6 is 0 Å². The van der Waals surface area contributed by atoms with Gasteiger partial charge in [-0.1, -0.05) is 24.3 Å². The third-order valence-electron chi connectivity index (χ3n) is 4.00. The van der Waals surface area contributed by atoms with Gasteiger partial charge >= 0.3 is 0 Å². The maximum absolute atomic E-state index is 4.79. The summed E-state index contributed by atoms with van der Waals surface area (Å²) in [5, 5.41) is 5.87. The van der Waals surface area contributed by atoms with E-state index in [1.807, 2.05) is 6.07 Å². The molecule has 0 radical (unpaired) electrons. The molecule has 3 nitrogen and oxygen atoms in total. The average molecular weight is 263 g/mol. The Bertz CT molecular complexity index is 760. The first-order valence-electron chi connectivity index (χ1n) is 7.16. The van der Waals surface area contributed by atoms with Crippen LogP contribution in [0.2, 0.25) is 0 Å². The van der Waals surface area contributed by atoms with E-state index in [1.54, 1.807) is 0 Å². The van der Waals surface area contributed by atoms with Crippen LogP contribution in [0.5, 0.6) is 0 Å². The number of nitrogens with zero attached hydrogens (tertiary/aromatic N) is 2. The summed E-state index contributed by atoms with van der Waals surface area (Å²) in [5.74, 6) is 0. The molecule has 100 valence electrons. The minimum atomic E-state index is 1.05. The lowest BCUT2D eigenvalue weighted by Crippen LogP contribution is -2.43. The molecular formula is C17H17N3. The highest BCUT2D eigenvalue weighted by Crippen LogP contribution is 2.28. The number of aromatic nitrogens is 1. The Morgan fingerprint density at radius 3 is 2.60 bits per heavy atom. The Labute approximate surface area is 118 Å². The minimum Gasteiger partial charge on any atom is -0.368 e. The molecule has 0 atom stereocenters. The first-order valence-corrected chi connectivity index (χ1v) is 7.16. The van der Waals surface area contributed by atoms with Gasteiger partial charge in [-0.2, -0.15) is 0 Å². The minimum absolute atomic E-state index is 1.05. The summed E-state index contributed by atoms with van der Waals surface area (Å²) in [7, 11) is 0. The van der Waals surface area contributed by atoms with Crippen molar-refractivity contribution >= 4 is 27.5 Å². The lowest BCUT2D eigenvalue weighted by molar-refractivity contribution is 0.590. The van der Waals surface area contributed by atoms with Crippen LogP contribution in [0.25, 0.3) is 21.8 Å². The van der Waals surface area contributed by atoms with E-state index in [1.165, 1.54) is 16.5 Å². The van der Waals surface area contributed by atoms with Gasteiger partial charge in [0.05, 0.1) is 11.0 Å². The van der Waals surface area contributed by atoms with Gasteiger partial charge in [0.1, 0.15) is 0 Å². The van der Waals surface area contributed by atoms with Gasteiger partial charge in [-0.3, -0.25) is 0 Å². The van der Waals surface area contributed by atoms with Crippen molar-refractivity contribution < 1.29 is 0 Å². The van der Waals surface area contributed by atoms with Gasteiger partial charge in [0.25, 0.3) is 0 Å². The predicted molar refractivity (Wildman–Crippen MR) is 84.3 cm³/mol. The maximum Gasteiger partial charge on any atom is 0.0730 e. The molecule has 1 fully saturated rings. The molecule has 0 unspecified atom stereocenters. The first-order chi connectivity index (χ1) is 9.92. The van der Waals surface area contributed by atoms with E-state index in [2.05, 4.69) is 52.7 Å². The second kappa shape index (κ2) is 4.76. The van der Waals surface area contributed by atoms with Gasteiger partial charge in [-0.15, -0.1) is 0 Å². The highest BCUT2D eigenvalue weighted by Gasteiger charge is 2.13. The Morgan fingerprint density at radius 2 is 1.70 bits per heavy atom. The molecule has 2 aromatic carbocycles. The van der Waals surface area contributed by atoms with Crippen LogP contribution < -0.4 is 10.2 Å². The number of fused-ring (bicyclic) bond motifs is 2. The number of rotatable bonds is 1. The number of nitrogens with one attached hydrogen (secondary N) is 1. The second-order valence-electron chi connectivity index (χ2n) is 5.26. The number of piperazine rings is 1. The van der Waals surface area contributed by atoms with Crippen molar-refractivity contribution in [1.29, 1.82) is 0 Å². The van der Waals surface area contributed by atoms with Gasteiger partial charge in [0, 0.05) is 42.6 Å². The fourth-order valence-electron chi connectivity index (χ4n) is 2.96. The summed E-state index contributed by atoms with van der Waals surface area (Å²) in [6, 6.07) is 17.0. The highest BCUT2D eigenvalue weighted by atomic mass is 15.2. The van der Waals surface area contributed by atoms with Crippen LogP contribution in [0.3, 0.4) is 0 Å².